The van der Waals surface area contributed by atoms with Gasteiger partial charge in [0, 0.05) is 20.8 Å². The predicted octanol–water partition coefficient (Wildman–Crippen LogP) is -2.68. The van der Waals surface area contributed by atoms with Gasteiger partial charge < -0.3 is 24.4 Å². The third-order valence-electron chi connectivity index (χ3n) is 0. The molecular weight excluding hydrogens is 321 g/mol. The van der Waals surface area contributed by atoms with E-state index in [9.17, 15) is 0 Å². The molecule has 12 heteroatoms. The molecule has 4 N–H and O–H groups in total. The van der Waals surface area contributed by atoms with E-state index >= 15 is 0 Å². The van der Waals surface area contributed by atoms with Crippen LogP contribution < -0.4 is 6.15 Å². The van der Waals surface area contributed by atoms with E-state index in [2.05, 4.69) is 0 Å². The molecule has 0 saturated carbocycles. The minimum atomic E-state index is -5.17. The van der Waals surface area contributed by atoms with Gasteiger partial charge in [-0.25, -0.2) is 0 Å². The van der Waals surface area contributed by atoms with Crippen LogP contribution in [0.25, 0.3) is 0 Å². The maximum absolute atomic E-state index is 8.52. The number of hydrogen-bond acceptors (Lipinski definition) is 8. The first kappa shape index (κ1) is 22.9. The van der Waals surface area contributed by atoms with E-state index in [1.807, 2.05) is 0 Å². The molecule has 0 fully saturated rings. The Balaban J connectivity index is -0.0000000457. The van der Waals surface area contributed by atoms with Crippen LogP contribution >= 0.6 is 0 Å². The van der Waals surface area contributed by atoms with Crippen LogP contribution in [0.15, 0.2) is 0 Å². The summed E-state index contributed by atoms with van der Waals surface area (Å²) >= 11 is 0. The zero-order valence-electron chi connectivity index (χ0n) is 5.66. The van der Waals surface area contributed by atoms with Gasteiger partial charge in [-0.2, -0.15) is 0 Å². The quantitative estimate of drug-likeness (QED) is 0.367. The Hall–Kier alpha value is 0.570. The summed E-state index contributed by atoms with van der Waals surface area (Å²) < 4.78 is 68.2. The summed E-state index contributed by atoms with van der Waals surface area (Å²) in [4.78, 5) is 0. The number of rotatable bonds is 0. The van der Waals surface area contributed by atoms with Gasteiger partial charge in [0.15, 0.2) is 0 Å². The third-order valence-corrected chi connectivity index (χ3v) is 0. The summed E-state index contributed by atoms with van der Waals surface area (Å²) in [7, 11) is -10.3. The smallest absolute Gasteiger partial charge is 0.759 e. The van der Waals surface area contributed by atoms with Crippen molar-refractivity contribution in [3.8, 4) is 0 Å². The first-order valence-corrected chi connectivity index (χ1v) is 4.00. The molecule has 0 amide bonds. The Morgan fingerprint density at radius 2 is 0.667 bits per heavy atom. The second-order valence-corrected chi connectivity index (χ2v) is 2.45. The maximum Gasteiger partial charge on any atom is 3.00 e. The van der Waals surface area contributed by atoms with E-state index in [0.717, 1.165) is 0 Å². The van der Waals surface area contributed by atoms with Crippen molar-refractivity contribution in [1.29, 1.82) is 0 Å². The maximum atomic E-state index is 8.52. The molecule has 0 aromatic rings. The molecule has 0 atom stereocenters. The molecule has 0 unspecified atom stereocenters. The van der Waals surface area contributed by atoms with Crippen molar-refractivity contribution in [2.45, 2.75) is 0 Å². The summed E-state index contributed by atoms with van der Waals surface area (Å²) in [6, 6.07) is 0. The van der Waals surface area contributed by atoms with Crippen molar-refractivity contribution in [3.63, 3.8) is 0 Å². The monoisotopic (exact) mass is 325 g/mol. The molecule has 0 saturated heterocycles. The molecule has 72 valence electrons. The standard InChI is InChI=1S/In.H3N.2H2O4S/c;;2*1-5(2,3)4/h;1H3;2*(H2,1,2,3,4)/q+3;;;/p-3. The van der Waals surface area contributed by atoms with Gasteiger partial charge in [-0.3, -0.25) is 16.8 Å². The zero-order chi connectivity index (χ0) is 9.00. The molecule has 0 aromatic carbocycles. The van der Waals surface area contributed by atoms with Crippen LogP contribution in [0.3, 0.4) is 0 Å². The van der Waals surface area contributed by atoms with Crippen LogP contribution in [0.5, 0.6) is 0 Å². The van der Waals surface area contributed by atoms with Gasteiger partial charge in [-0.15, -0.1) is 0 Å². The van der Waals surface area contributed by atoms with Crippen molar-refractivity contribution in [1.82, 2.24) is 6.15 Å². The van der Waals surface area contributed by atoms with Crippen molar-refractivity contribution in [2.75, 3.05) is 0 Å². The van der Waals surface area contributed by atoms with Crippen LogP contribution in [0.1, 0.15) is 0 Å². The summed E-state index contributed by atoms with van der Waals surface area (Å²) in [6.45, 7) is 0. The molecule has 0 bridgehead atoms. The average molecular weight is 325 g/mol. The fourth-order valence-corrected chi connectivity index (χ4v) is 0. The van der Waals surface area contributed by atoms with E-state index in [1.54, 1.807) is 0 Å². The van der Waals surface area contributed by atoms with Crippen LogP contribution in [-0.2, 0) is 20.8 Å². The van der Waals surface area contributed by atoms with E-state index < -0.39 is 20.8 Å². The number of hydrogen-bond donors (Lipinski definition) is 1. The Kier molecular flexibility index (Phi) is 15.6. The van der Waals surface area contributed by atoms with Gasteiger partial charge in [-0.05, 0) is 0 Å². The van der Waals surface area contributed by atoms with Crippen LogP contribution in [0.2, 0.25) is 0 Å². The fourth-order valence-electron chi connectivity index (χ4n) is 0. The van der Waals surface area contributed by atoms with E-state index in [-0.39, 0.29) is 32.0 Å². The summed E-state index contributed by atoms with van der Waals surface area (Å²) in [5.74, 6) is 0. The average Bonchev–Trinajstić information content (AvgIpc) is 1.12. The summed E-state index contributed by atoms with van der Waals surface area (Å²) in [6.07, 6.45) is 0. The van der Waals surface area contributed by atoms with Crippen molar-refractivity contribution in [2.24, 2.45) is 0 Å². The summed E-state index contributed by atoms with van der Waals surface area (Å²) in [5, 5.41) is 0. The fraction of sp³-hybridized carbons (Fsp3) is 0. The van der Waals surface area contributed by atoms with Crippen LogP contribution in [-0.4, -0.2) is 60.9 Å². The van der Waals surface area contributed by atoms with Gasteiger partial charge in [0.2, 0.25) is 0 Å². The molecule has 0 aliphatic carbocycles. The zero-order valence-corrected chi connectivity index (χ0v) is 10.6. The van der Waals surface area contributed by atoms with Crippen molar-refractivity contribution < 1.29 is 35.0 Å². The van der Waals surface area contributed by atoms with E-state index in [4.69, 9.17) is 35.0 Å². The molecule has 9 nitrogen and oxygen atoms in total. The molecule has 0 rings (SSSR count). The summed E-state index contributed by atoms with van der Waals surface area (Å²) in [5.41, 5.74) is 0. The van der Waals surface area contributed by atoms with E-state index in [1.165, 1.54) is 0 Å². The molecule has 0 aliphatic heterocycles. The Morgan fingerprint density at radius 3 is 0.667 bits per heavy atom. The van der Waals surface area contributed by atoms with Crippen LogP contribution in [0, 0.1) is 0 Å². The minimum absolute atomic E-state index is 0. The Labute approximate surface area is 87.7 Å². The largest absolute Gasteiger partial charge is 3.00 e. The normalized spacial score (nSPS) is 9.67. The SMILES string of the molecule is O=S(=O)([O-])[O-].O=S(=O)([O-])[O-].[In+3].[NH4+]. The second kappa shape index (κ2) is 8.18. The molecule has 0 heterocycles. The van der Waals surface area contributed by atoms with E-state index in [0.29, 0.717) is 0 Å². The molecular formula is H4InNO8S2. The molecule has 0 aromatic heterocycles. The molecule has 0 radical (unpaired) electrons. The van der Waals surface area contributed by atoms with Crippen LogP contribution in [0.4, 0.5) is 0 Å². The van der Waals surface area contributed by atoms with Crippen molar-refractivity contribution in [3.05, 3.63) is 0 Å². The third kappa shape index (κ3) is 2980. The molecule has 0 spiro atoms. The topological polar surface area (TPSA) is 197 Å². The second-order valence-electron chi connectivity index (χ2n) is 0.816. The predicted molar refractivity (Wildman–Crippen MR) is 32.7 cm³/mol. The number of quaternary nitrogens is 1. The van der Waals surface area contributed by atoms with Gasteiger partial charge in [0.05, 0.1) is 0 Å². The van der Waals surface area contributed by atoms with Gasteiger partial charge in [0.1, 0.15) is 0 Å². The Morgan fingerprint density at radius 1 is 0.667 bits per heavy atom. The van der Waals surface area contributed by atoms with Gasteiger partial charge in [-0.1, -0.05) is 0 Å². The Bertz CT molecular complexity index is 213. The van der Waals surface area contributed by atoms with Gasteiger partial charge >= 0.3 is 25.8 Å². The van der Waals surface area contributed by atoms with Gasteiger partial charge in [0.25, 0.3) is 0 Å². The van der Waals surface area contributed by atoms with Crippen molar-refractivity contribution >= 4 is 46.6 Å². The first-order valence-electron chi connectivity index (χ1n) is 1.33. The first-order chi connectivity index (χ1) is 4.00. The minimum Gasteiger partial charge on any atom is -0.759 e. The molecule has 0 aliphatic rings. The molecule has 12 heavy (non-hydrogen) atoms.